The van der Waals surface area contributed by atoms with Gasteiger partial charge >= 0.3 is 0 Å². The topological polar surface area (TPSA) is 89.8 Å². The number of nitrogens with one attached hydrogen (secondary N) is 1. The van der Waals surface area contributed by atoms with Gasteiger partial charge in [-0.15, -0.1) is 16.7 Å². The van der Waals surface area contributed by atoms with Crippen molar-refractivity contribution in [1.29, 1.82) is 0 Å². The number of rotatable bonds is 6. The summed E-state index contributed by atoms with van der Waals surface area (Å²) in [6.07, 6.45) is 0.407. The van der Waals surface area contributed by atoms with E-state index in [1.807, 2.05) is 6.07 Å². The molecule has 7 nitrogen and oxygen atoms in total. The van der Waals surface area contributed by atoms with Crippen LogP contribution >= 0.6 is 11.6 Å². The number of sulfonamides is 1. The minimum atomic E-state index is -3.39. The Morgan fingerprint density at radius 3 is 2.85 bits per heavy atom. The summed E-state index contributed by atoms with van der Waals surface area (Å²) in [5.41, 5.74) is 1.20. The molecular weight excluding hydrogens is 302 g/mol. The molecule has 0 radical (unpaired) electrons. The molecule has 1 heterocycles. The van der Waals surface area contributed by atoms with Crippen LogP contribution in [0.25, 0.3) is 11.4 Å². The van der Waals surface area contributed by atoms with Gasteiger partial charge in [0, 0.05) is 24.2 Å². The average molecular weight is 316 g/mol. The zero-order valence-electron chi connectivity index (χ0n) is 10.8. The van der Waals surface area contributed by atoms with Gasteiger partial charge < -0.3 is 0 Å². The van der Waals surface area contributed by atoms with Crippen molar-refractivity contribution in [2.75, 3.05) is 16.4 Å². The van der Waals surface area contributed by atoms with Crippen molar-refractivity contribution in [3.05, 3.63) is 24.3 Å². The first-order valence-electron chi connectivity index (χ1n) is 5.91. The molecule has 0 amide bonds. The summed E-state index contributed by atoms with van der Waals surface area (Å²) >= 11 is 5.50. The highest BCUT2D eigenvalue weighted by atomic mass is 35.5. The fourth-order valence-electron chi connectivity index (χ4n) is 1.67. The van der Waals surface area contributed by atoms with E-state index in [1.165, 1.54) is 4.68 Å². The van der Waals surface area contributed by atoms with Crippen molar-refractivity contribution in [3.8, 4) is 11.4 Å². The van der Waals surface area contributed by atoms with E-state index in [9.17, 15) is 8.42 Å². The Bertz CT molecular complexity index is 686. The van der Waals surface area contributed by atoms with Gasteiger partial charge in [0.15, 0.2) is 5.82 Å². The molecule has 0 aliphatic heterocycles. The Kier molecular flexibility index (Phi) is 4.56. The van der Waals surface area contributed by atoms with Crippen molar-refractivity contribution in [3.63, 3.8) is 0 Å². The standard InChI is InChI=1S/C11H14ClN5O2S/c1-17-11(13-15-16-17)9-4-2-5-10(8-9)14-20(18,19)7-3-6-12/h2,4-5,8,14H,3,6-7H2,1H3. The number of aromatic nitrogens is 4. The monoisotopic (exact) mass is 315 g/mol. The van der Waals surface area contributed by atoms with E-state index >= 15 is 0 Å². The fraction of sp³-hybridized carbons (Fsp3) is 0.364. The predicted octanol–water partition coefficient (Wildman–Crippen LogP) is 1.25. The summed E-state index contributed by atoms with van der Waals surface area (Å²) < 4.78 is 27.6. The number of halogens is 1. The van der Waals surface area contributed by atoms with Gasteiger partial charge in [-0.3, -0.25) is 4.72 Å². The highest BCUT2D eigenvalue weighted by Crippen LogP contribution is 2.20. The third-order valence-corrected chi connectivity index (χ3v) is 4.20. The van der Waals surface area contributed by atoms with Crippen LogP contribution in [0.1, 0.15) is 6.42 Å². The molecule has 2 rings (SSSR count). The van der Waals surface area contributed by atoms with Gasteiger partial charge in [-0.05, 0) is 29.0 Å². The van der Waals surface area contributed by atoms with Gasteiger partial charge in [0.25, 0.3) is 0 Å². The lowest BCUT2D eigenvalue weighted by atomic mass is 10.2. The second kappa shape index (κ2) is 6.19. The molecule has 108 valence electrons. The first-order valence-corrected chi connectivity index (χ1v) is 8.10. The predicted molar refractivity (Wildman–Crippen MR) is 77.0 cm³/mol. The highest BCUT2D eigenvalue weighted by Gasteiger charge is 2.11. The minimum absolute atomic E-state index is 0.00769. The lowest BCUT2D eigenvalue weighted by molar-refractivity contribution is 0.600. The number of aryl methyl sites for hydroxylation is 1. The normalized spacial score (nSPS) is 11.5. The van der Waals surface area contributed by atoms with E-state index in [4.69, 9.17) is 11.6 Å². The van der Waals surface area contributed by atoms with Crippen LogP contribution in [0, 0.1) is 0 Å². The van der Waals surface area contributed by atoms with Crippen LogP contribution in [0.15, 0.2) is 24.3 Å². The maximum Gasteiger partial charge on any atom is 0.232 e. The molecule has 0 aliphatic carbocycles. The van der Waals surface area contributed by atoms with Crippen LogP contribution in [-0.2, 0) is 17.1 Å². The maximum atomic E-state index is 11.8. The lowest BCUT2D eigenvalue weighted by Gasteiger charge is -2.08. The number of nitrogens with zero attached hydrogens (tertiary/aromatic N) is 4. The van der Waals surface area contributed by atoms with Crippen LogP contribution in [0.4, 0.5) is 5.69 Å². The van der Waals surface area contributed by atoms with E-state index in [2.05, 4.69) is 20.2 Å². The van der Waals surface area contributed by atoms with Gasteiger partial charge in [-0.2, -0.15) is 0 Å². The third-order valence-electron chi connectivity index (χ3n) is 2.56. The number of benzene rings is 1. The number of hydrogen-bond acceptors (Lipinski definition) is 5. The van der Waals surface area contributed by atoms with Gasteiger partial charge in [0.1, 0.15) is 0 Å². The molecule has 2 aromatic rings. The summed E-state index contributed by atoms with van der Waals surface area (Å²) in [4.78, 5) is 0. The first-order chi connectivity index (χ1) is 9.52. The summed E-state index contributed by atoms with van der Waals surface area (Å²) in [5.74, 6) is 0.865. The SMILES string of the molecule is Cn1nnnc1-c1cccc(NS(=O)(=O)CCCCl)c1. The largest absolute Gasteiger partial charge is 0.284 e. The molecule has 0 spiro atoms. The zero-order chi connectivity index (χ0) is 14.6. The van der Waals surface area contributed by atoms with Crippen LogP contribution in [0.2, 0.25) is 0 Å². The van der Waals surface area contributed by atoms with Crippen LogP contribution in [0.3, 0.4) is 0 Å². The van der Waals surface area contributed by atoms with Crippen molar-refractivity contribution >= 4 is 27.3 Å². The summed E-state index contributed by atoms with van der Waals surface area (Å²) in [6.45, 7) is 0. The number of alkyl halides is 1. The smallest absolute Gasteiger partial charge is 0.232 e. The molecule has 0 aliphatic rings. The molecule has 1 aromatic carbocycles. The molecule has 20 heavy (non-hydrogen) atoms. The van der Waals surface area contributed by atoms with E-state index < -0.39 is 10.0 Å². The minimum Gasteiger partial charge on any atom is -0.284 e. The van der Waals surface area contributed by atoms with Gasteiger partial charge in [-0.25, -0.2) is 13.1 Å². The quantitative estimate of drug-likeness (QED) is 0.810. The zero-order valence-corrected chi connectivity index (χ0v) is 12.4. The number of tetrazole rings is 1. The number of hydrogen-bond donors (Lipinski definition) is 1. The van der Waals surface area contributed by atoms with E-state index in [1.54, 1.807) is 25.2 Å². The lowest BCUT2D eigenvalue weighted by Crippen LogP contribution is -2.17. The Hall–Kier alpha value is -1.67. The summed E-state index contributed by atoms with van der Waals surface area (Å²) in [7, 11) is -1.67. The Labute approximate surface area is 122 Å². The average Bonchev–Trinajstić information content (AvgIpc) is 2.82. The van der Waals surface area contributed by atoms with E-state index in [-0.39, 0.29) is 5.75 Å². The van der Waals surface area contributed by atoms with Crippen molar-refractivity contribution in [1.82, 2.24) is 20.2 Å². The molecule has 0 atom stereocenters. The maximum absolute atomic E-state index is 11.8. The van der Waals surface area contributed by atoms with E-state index in [0.29, 0.717) is 23.8 Å². The van der Waals surface area contributed by atoms with Gasteiger partial charge in [-0.1, -0.05) is 12.1 Å². The van der Waals surface area contributed by atoms with Gasteiger partial charge in [0.2, 0.25) is 10.0 Å². The van der Waals surface area contributed by atoms with E-state index in [0.717, 1.165) is 5.56 Å². The summed E-state index contributed by atoms with van der Waals surface area (Å²) in [5, 5.41) is 11.2. The van der Waals surface area contributed by atoms with Crippen LogP contribution in [-0.4, -0.2) is 40.3 Å². The molecular formula is C11H14ClN5O2S. The molecule has 1 aromatic heterocycles. The molecule has 0 saturated carbocycles. The fourth-order valence-corrected chi connectivity index (χ4v) is 3.08. The van der Waals surface area contributed by atoms with Gasteiger partial charge in [0.05, 0.1) is 5.75 Å². The Balaban J connectivity index is 2.21. The highest BCUT2D eigenvalue weighted by molar-refractivity contribution is 7.92. The molecule has 0 saturated heterocycles. The van der Waals surface area contributed by atoms with Crippen LogP contribution < -0.4 is 4.72 Å². The van der Waals surface area contributed by atoms with Crippen molar-refractivity contribution in [2.45, 2.75) is 6.42 Å². The molecule has 0 fully saturated rings. The summed E-state index contributed by atoms with van der Waals surface area (Å²) in [6, 6.07) is 6.90. The molecule has 9 heteroatoms. The number of anilines is 1. The Morgan fingerprint density at radius 1 is 1.40 bits per heavy atom. The first kappa shape index (κ1) is 14.7. The van der Waals surface area contributed by atoms with Crippen molar-refractivity contribution in [2.24, 2.45) is 7.05 Å². The molecule has 1 N–H and O–H groups in total. The molecule has 0 unspecified atom stereocenters. The second-order valence-corrected chi connectivity index (χ2v) is 6.39. The van der Waals surface area contributed by atoms with Crippen LogP contribution in [0.5, 0.6) is 0 Å². The Morgan fingerprint density at radius 2 is 2.20 bits per heavy atom. The third kappa shape index (κ3) is 3.67. The second-order valence-electron chi connectivity index (χ2n) is 4.17. The molecule has 0 bridgehead atoms. The van der Waals surface area contributed by atoms with Crippen molar-refractivity contribution < 1.29 is 8.42 Å².